The summed E-state index contributed by atoms with van der Waals surface area (Å²) in [4.78, 5) is 24.2. The highest BCUT2D eigenvalue weighted by atomic mass is 16.5. The van der Waals surface area contributed by atoms with Gasteiger partial charge in [-0.1, -0.05) is 0 Å². The average Bonchev–Trinajstić information content (AvgIpc) is 2.25. The Kier molecular flexibility index (Phi) is 2.25. The number of rotatable bonds is 2. The van der Waals surface area contributed by atoms with Crippen LogP contribution in [0.3, 0.4) is 0 Å². The van der Waals surface area contributed by atoms with Crippen LogP contribution in [0, 0.1) is 0 Å². The lowest BCUT2D eigenvalue weighted by molar-refractivity contribution is 0.122. The van der Waals surface area contributed by atoms with Crippen LogP contribution in [0.2, 0.25) is 0 Å². The predicted molar refractivity (Wildman–Crippen MR) is 50.9 cm³/mol. The Morgan fingerprint density at radius 2 is 1.86 bits per heavy atom. The van der Waals surface area contributed by atoms with E-state index < -0.39 is 10.9 Å². The molecule has 76 valence electrons. The van der Waals surface area contributed by atoms with Gasteiger partial charge in [0.05, 0.1) is 20.3 Å². The van der Waals surface area contributed by atoms with Crippen molar-refractivity contribution in [2.24, 2.45) is 0 Å². The number of ether oxygens (including phenoxy) is 2. The van der Waals surface area contributed by atoms with Crippen molar-refractivity contribution >= 4 is 5.69 Å². The van der Waals surface area contributed by atoms with E-state index in [2.05, 4.69) is 0 Å². The molecular weight excluding hydrogens is 186 g/mol. The predicted octanol–water partition coefficient (Wildman–Crippen LogP) is -0.872. The van der Waals surface area contributed by atoms with E-state index >= 15 is 0 Å². The SMILES string of the molecule is COc1c(N2CCOCC2)c(=O)c1=O. The molecule has 0 N–H and O–H groups in total. The number of hydrogen-bond donors (Lipinski definition) is 0. The molecule has 0 aromatic heterocycles. The van der Waals surface area contributed by atoms with Crippen LogP contribution in [0.1, 0.15) is 0 Å². The van der Waals surface area contributed by atoms with Gasteiger partial charge in [-0.3, -0.25) is 9.59 Å². The van der Waals surface area contributed by atoms with Crippen molar-refractivity contribution in [1.82, 2.24) is 0 Å². The monoisotopic (exact) mass is 197 g/mol. The van der Waals surface area contributed by atoms with Crippen LogP contribution < -0.4 is 20.5 Å². The van der Waals surface area contributed by atoms with E-state index in [1.165, 1.54) is 7.11 Å². The Hall–Kier alpha value is -1.36. The van der Waals surface area contributed by atoms with E-state index in [9.17, 15) is 9.59 Å². The molecule has 0 amide bonds. The minimum Gasteiger partial charge on any atom is -0.491 e. The maximum absolute atomic E-state index is 11.3. The summed E-state index contributed by atoms with van der Waals surface area (Å²) in [6, 6.07) is 0. The number of nitrogens with zero attached hydrogens (tertiary/aromatic N) is 1. The van der Waals surface area contributed by atoms with Gasteiger partial charge in [-0.05, 0) is 0 Å². The summed E-state index contributed by atoms with van der Waals surface area (Å²) < 4.78 is 10.0. The topological polar surface area (TPSA) is 55.8 Å². The van der Waals surface area contributed by atoms with Crippen LogP contribution in [0.5, 0.6) is 5.75 Å². The van der Waals surface area contributed by atoms with Gasteiger partial charge in [-0.2, -0.15) is 0 Å². The quantitative estimate of drug-likeness (QED) is 0.577. The molecule has 1 saturated heterocycles. The second kappa shape index (κ2) is 3.42. The number of anilines is 1. The zero-order valence-corrected chi connectivity index (χ0v) is 7.91. The minimum atomic E-state index is -0.519. The van der Waals surface area contributed by atoms with Gasteiger partial charge in [0.25, 0.3) is 10.9 Å². The molecule has 2 rings (SSSR count). The van der Waals surface area contributed by atoms with Crippen molar-refractivity contribution < 1.29 is 9.47 Å². The molecule has 0 bridgehead atoms. The smallest absolute Gasteiger partial charge is 0.272 e. The van der Waals surface area contributed by atoms with Crippen molar-refractivity contribution in [3.05, 3.63) is 20.4 Å². The molecule has 1 fully saturated rings. The molecule has 5 nitrogen and oxygen atoms in total. The fraction of sp³-hybridized carbons (Fsp3) is 0.556. The van der Waals surface area contributed by atoms with Gasteiger partial charge in [-0.25, -0.2) is 0 Å². The number of methoxy groups -OCH3 is 1. The summed E-state index contributed by atoms with van der Waals surface area (Å²) in [5.41, 5.74) is -0.543. The summed E-state index contributed by atoms with van der Waals surface area (Å²) in [7, 11) is 1.40. The Morgan fingerprint density at radius 1 is 1.21 bits per heavy atom. The Balaban J connectivity index is 2.27. The van der Waals surface area contributed by atoms with E-state index in [0.29, 0.717) is 32.0 Å². The van der Waals surface area contributed by atoms with Gasteiger partial charge in [0.1, 0.15) is 5.69 Å². The Morgan fingerprint density at radius 3 is 2.43 bits per heavy atom. The summed E-state index contributed by atoms with van der Waals surface area (Å²) in [6.07, 6.45) is 0. The maximum atomic E-state index is 11.3. The molecule has 0 saturated carbocycles. The lowest BCUT2D eigenvalue weighted by Gasteiger charge is -2.29. The zero-order chi connectivity index (χ0) is 10.1. The largest absolute Gasteiger partial charge is 0.491 e. The number of hydrogen-bond acceptors (Lipinski definition) is 5. The normalized spacial score (nSPS) is 17.4. The Labute approximate surface area is 80.5 Å². The molecule has 0 atom stereocenters. The molecular formula is C9H11NO4. The lowest BCUT2D eigenvalue weighted by Crippen LogP contribution is -2.45. The highest BCUT2D eigenvalue weighted by Crippen LogP contribution is 2.22. The van der Waals surface area contributed by atoms with Crippen molar-refractivity contribution in [3.8, 4) is 5.75 Å². The second-order valence-electron chi connectivity index (χ2n) is 3.14. The first-order chi connectivity index (χ1) is 6.75. The zero-order valence-electron chi connectivity index (χ0n) is 7.91. The van der Waals surface area contributed by atoms with Gasteiger partial charge in [0, 0.05) is 13.1 Å². The van der Waals surface area contributed by atoms with Gasteiger partial charge in [0.15, 0.2) is 5.75 Å². The number of morpholine rings is 1. The second-order valence-corrected chi connectivity index (χ2v) is 3.14. The summed E-state index contributed by atoms with van der Waals surface area (Å²) in [5.74, 6) is 0.192. The molecule has 5 heteroatoms. The van der Waals surface area contributed by atoms with Gasteiger partial charge < -0.3 is 14.4 Å². The lowest BCUT2D eigenvalue weighted by atomic mass is 10.2. The first kappa shape index (κ1) is 9.21. The fourth-order valence-electron chi connectivity index (χ4n) is 1.62. The molecule has 1 aromatic rings. The molecule has 1 aliphatic rings. The molecule has 14 heavy (non-hydrogen) atoms. The van der Waals surface area contributed by atoms with E-state index in [-0.39, 0.29) is 5.75 Å². The Bertz CT molecular complexity index is 399. The first-order valence-corrected chi connectivity index (χ1v) is 4.45. The van der Waals surface area contributed by atoms with Crippen LogP contribution in [0.25, 0.3) is 0 Å². The molecule has 1 aromatic carbocycles. The van der Waals surface area contributed by atoms with Crippen molar-refractivity contribution in [3.63, 3.8) is 0 Å². The fourth-order valence-corrected chi connectivity index (χ4v) is 1.62. The van der Waals surface area contributed by atoms with Gasteiger partial charge in [-0.15, -0.1) is 0 Å². The van der Waals surface area contributed by atoms with Gasteiger partial charge >= 0.3 is 0 Å². The summed E-state index contributed by atoms with van der Waals surface area (Å²) in [5, 5.41) is 0. The van der Waals surface area contributed by atoms with E-state index in [4.69, 9.17) is 9.47 Å². The van der Waals surface area contributed by atoms with E-state index in [1.807, 2.05) is 4.90 Å². The summed E-state index contributed by atoms with van der Waals surface area (Å²) in [6.45, 7) is 2.45. The van der Waals surface area contributed by atoms with Crippen molar-refractivity contribution in [2.45, 2.75) is 0 Å². The first-order valence-electron chi connectivity index (χ1n) is 4.45. The van der Waals surface area contributed by atoms with Crippen molar-refractivity contribution in [1.29, 1.82) is 0 Å². The molecule has 0 unspecified atom stereocenters. The molecule has 1 heterocycles. The highest BCUT2D eigenvalue weighted by Gasteiger charge is 2.27. The van der Waals surface area contributed by atoms with Crippen LogP contribution in [-0.4, -0.2) is 33.4 Å². The molecule has 1 aliphatic heterocycles. The molecule has 0 radical (unpaired) electrons. The van der Waals surface area contributed by atoms with Crippen LogP contribution in [-0.2, 0) is 4.74 Å². The van der Waals surface area contributed by atoms with E-state index in [0.717, 1.165) is 0 Å². The van der Waals surface area contributed by atoms with Crippen LogP contribution >= 0.6 is 0 Å². The van der Waals surface area contributed by atoms with E-state index in [1.54, 1.807) is 0 Å². The standard InChI is InChI=1S/C9H11NO4/c1-13-9-6(7(11)8(9)12)10-2-4-14-5-3-10/h2-5H2,1H3. The minimum absolute atomic E-state index is 0.192. The highest BCUT2D eigenvalue weighted by molar-refractivity contribution is 5.63. The molecule has 0 spiro atoms. The van der Waals surface area contributed by atoms with Gasteiger partial charge in [0.2, 0.25) is 0 Å². The van der Waals surface area contributed by atoms with Crippen LogP contribution in [0.15, 0.2) is 9.59 Å². The maximum Gasteiger partial charge on any atom is 0.272 e. The third-order valence-electron chi connectivity index (χ3n) is 2.37. The third kappa shape index (κ3) is 1.21. The molecule has 0 aliphatic carbocycles. The summed E-state index contributed by atoms with van der Waals surface area (Å²) >= 11 is 0. The third-order valence-corrected chi connectivity index (χ3v) is 2.37. The van der Waals surface area contributed by atoms with Crippen molar-refractivity contribution in [2.75, 3.05) is 38.3 Å². The average molecular weight is 197 g/mol. The van der Waals surface area contributed by atoms with Crippen LogP contribution in [0.4, 0.5) is 5.69 Å².